The lowest BCUT2D eigenvalue weighted by molar-refractivity contribution is -0.0164. The van der Waals surface area contributed by atoms with Gasteiger partial charge in [-0.25, -0.2) is 0 Å². The van der Waals surface area contributed by atoms with Crippen LogP contribution in [0.15, 0.2) is 0 Å². The zero-order valence-electron chi connectivity index (χ0n) is 12.0. The van der Waals surface area contributed by atoms with Gasteiger partial charge in [0.05, 0.1) is 25.4 Å². The van der Waals surface area contributed by atoms with E-state index in [2.05, 4.69) is 5.32 Å². The van der Waals surface area contributed by atoms with Crippen molar-refractivity contribution in [2.24, 2.45) is 5.92 Å². The first-order chi connectivity index (χ1) is 9.22. The van der Waals surface area contributed by atoms with Crippen molar-refractivity contribution in [1.82, 2.24) is 5.32 Å². The van der Waals surface area contributed by atoms with Gasteiger partial charge in [0.2, 0.25) is 0 Å². The van der Waals surface area contributed by atoms with Gasteiger partial charge >= 0.3 is 0 Å². The van der Waals surface area contributed by atoms with Crippen molar-refractivity contribution in [2.75, 3.05) is 39.5 Å². The highest BCUT2D eigenvalue weighted by Crippen LogP contribution is 2.11. The van der Waals surface area contributed by atoms with Crippen LogP contribution in [0.1, 0.15) is 32.6 Å². The quantitative estimate of drug-likeness (QED) is 0.480. The van der Waals surface area contributed by atoms with Crippen LogP contribution in [0.4, 0.5) is 0 Å². The summed E-state index contributed by atoms with van der Waals surface area (Å²) in [6.07, 6.45) is 3.97. The van der Waals surface area contributed by atoms with E-state index in [4.69, 9.17) is 14.6 Å². The number of aliphatic hydroxyl groups is 2. The topological polar surface area (TPSA) is 71.0 Å². The van der Waals surface area contributed by atoms with Gasteiger partial charge in [-0.2, -0.15) is 0 Å². The molecule has 1 rings (SSSR count). The molecule has 5 heteroatoms. The Hall–Kier alpha value is -0.200. The molecule has 1 saturated heterocycles. The highest BCUT2D eigenvalue weighted by molar-refractivity contribution is 4.65. The Morgan fingerprint density at radius 2 is 2.32 bits per heavy atom. The van der Waals surface area contributed by atoms with Gasteiger partial charge in [-0.1, -0.05) is 6.92 Å². The van der Waals surface area contributed by atoms with Gasteiger partial charge < -0.3 is 25.0 Å². The Kier molecular flexibility index (Phi) is 9.38. The minimum absolute atomic E-state index is 0.222. The number of aliphatic hydroxyl groups excluding tert-OH is 2. The van der Waals surface area contributed by atoms with E-state index in [0.717, 1.165) is 38.8 Å². The van der Waals surface area contributed by atoms with Gasteiger partial charge in [0.15, 0.2) is 0 Å². The summed E-state index contributed by atoms with van der Waals surface area (Å²) in [5.41, 5.74) is 0. The van der Waals surface area contributed by atoms with Crippen molar-refractivity contribution in [1.29, 1.82) is 0 Å². The number of nitrogens with one attached hydrogen (secondary N) is 1. The molecule has 19 heavy (non-hydrogen) atoms. The maximum atomic E-state index is 9.71. The van der Waals surface area contributed by atoms with Crippen LogP contribution in [0.3, 0.4) is 0 Å². The molecule has 114 valence electrons. The summed E-state index contributed by atoms with van der Waals surface area (Å²) in [6, 6.07) is 0. The molecule has 3 N–H and O–H groups in total. The molecule has 1 heterocycles. The normalized spacial score (nSPS) is 22.6. The fourth-order valence-corrected chi connectivity index (χ4v) is 2.11. The van der Waals surface area contributed by atoms with Gasteiger partial charge in [-0.05, 0) is 38.1 Å². The van der Waals surface area contributed by atoms with Crippen molar-refractivity contribution in [3.8, 4) is 0 Å². The number of ether oxygens (including phenoxy) is 2. The minimum Gasteiger partial charge on any atom is -0.396 e. The average molecular weight is 275 g/mol. The molecule has 1 aliphatic heterocycles. The lowest BCUT2D eigenvalue weighted by Gasteiger charge is -2.15. The van der Waals surface area contributed by atoms with Gasteiger partial charge in [0.25, 0.3) is 0 Å². The largest absolute Gasteiger partial charge is 0.396 e. The van der Waals surface area contributed by atoms with Crippen molar-refractivity contribution >= 4 is 0 Å². The van der Waals surface area contributed by atoms with Crippen molar-refractivity contribution in [3.05, 3.63) is 0 Å². The minimum atomic E-state index is -0.461. The molecule has 1 aliphatic rings. The first-order valence-electron chi connectivity index (χ1n) is 7.41. The maximum Gasteiger partial charge on any atom is 0.0897 e. The van der Waals surface area contributed by atoms with Crippen LogP contribution in [0.5, 0.6) is 0 Å². The first-order valence-corrected chi connectivity index (χ1v) is 7.41. The fraction of sp³-hybridized carbons (Fsp3) is 1.00. The summed E-state index contributed by atoms with van der Waals surface area (Å²) in [6.45, 7) is 5.50. The third-order valence-electron chi connectivity index (χ3n) is 3.38. The monoisotopic (exact) mass is 275 g/mol. The molecule has 0 spiro atoms. The zero-order valence-corrected chi connectivity index (χ0v) is 12.0. The second kappa shape index (κ2) is 10.6. The van der Waals surface area contributed by atoms with E-state index in [9.17, 15) is 5.11 Å². The summed E-state index contributed by atoms with van der Waals surface area (Å²) in [4.78, 5) is 0. The molecule has 3 unspecified atom stereocenters. The van der Waals surface area contributed by atoms with Crippen LogP contribution in [-0.2, 0) is 9.47 Å². The lowest BCUT2D eigenvalue weighted by Crippen LogP contribution is -2.32. The summed E-state index contributed by atoms with van der Waals surface area (Å²) < 4.78 is 10.9. The van der Waals surface area contributed by atoms with Gasteiger partial charge in [-0.15, -0.1) is 0 Å². The Balaban J connectivity index is 1.85. The smallest absolute Gasteiger partial charge is 0.0897 e. The number of hydrogen-bond acceptors (Lipinski definition) is 5. The molecular weight excluding hydrogens is 246 g/mol. The summed E-state index contributed by atoms with van der Waals surface area (Å²) >= 11 is 0. The summed E-state index contributed by atoms with van der Waals surface area (Å²) in [5.74, 6) is 0.362. The summed E-state index contributed by atoms with van der Waals surface area (Å²) in [5, 5.41) is 21.8. The fourth-order valence-electron chi connectivity index (χ4n) is 2.11. The van der Waals surface area contributed by atoms with Gasteiger partial charge in [0, 0.05) is 19.8 Å². The molecule has 0 aromatic heterocycles. The summed E-state index contributed by atoms with van der Waals surface area (Å²) in [7, 11) is 0. The Bertz CT molecular complexity index is 210. The van der Waals surface area contributed by atoms with E-state index in [1.807, 2.05) is 6.92 Å². The standard InChI is InChI=1S/C14H29NO4/c1-12(9-16)4-2-6-15-8-13(17)10-18-11-14-5-3-7-19-14/h12-17H,2-11H2,1H3. The maximum absolute atomic E-state index is 9.71. The third kappa shape index (κ3) is 8.55. The van der Waals surface area contributed by atoms with Crippen LogP contribution in [-0.4, -0.2) is 61.9 Å². The second-order valence-corrected chi connectivity index (χ2v) is 5.46. The van der Waals surface area contributed by atoms with Crippen molar-refractivity contribution in [3.63, 3.8) is 0 Å². The van der Waals surface area contributed by atoms with E-state index >= 15 is 0 Å². The van der Waals surface area contributed by atoms with E-state index in [1.54, 1.807) is 0 Å². The zero-order chi connectivity index (χ0) is 13.9. The molecule has 0 saturated carbocycles. The number of hydrogen-bond donors (Lipinski definition) is 3. The predicted octanol–water partition coefficient (Wildman–Crippen LogP) is 0.541. The molecule has 5 nitrogen and oxygen atoms in total. The van der Waals surface area contributed by atoms with Crippen LogP contribution in [0, 0.1) is 5.92 Å². The van der Waals surface area contributed by atoms with E-state index < -0.39 is 6.10 Å². The number of rotatable bonds is 11. The van der Waals surface area contributed by atoms with Gasteiger partial charge in [0.1, 0.15) is 0 Å². The van der Waals surface area contributed by atoms with Crippen LogP contribution >= 0.6 is 0 Å². The highest BCUT2D eigenvalue weighted by Gasteiger charge is 2.15. The molecule has 0 aliphatic carbocycles. The Morgan fingerprint density at radius 3 is 3.00 bits per heavy atom. The molecule has 0 aromatic rings. The van der Waals surface area contributed by atoms with Crippen LogP contribution in [0.25, 0.3) is 0 Å². The molecule has 0 amide bonds. The van der Waals surface area contributed by atoms with E-state index in [-0.39, 0.29) is 12.7 Å². The Labute approximate surface area is 116 Å². The second-order valence-electron chi connectivity index (χ2n) is 5.46. The van der Waals surface area contributed by atoms with Crippen molar-refractivity contribution < 1.29 is 19.7 Å². The molecule has 3 atom stereocenters. The first kappa shape index (κ1) is 16.9. The predicted molar refractivity (Wildman–Crippen MR) is 74.2 cm³/mol. The van der Waals surface area contributed by atoms with Crippen molar-refractivity contribution in [2.45, 2.75) is 44.8 Å². The highest BCUT2D eigenvalue weighted by atomic mass is 16.5. The molecular formula is C14H29NO4. The molecule has 0 aromatic carbocycles. The molecule has 0 bridgehead atoms. The SMILES string of the molecule is CC(CO)CCCNCC(O)COCC1CCCO1. The Morgan fingerprint density at radius 1 is 1.47 bits per heavy atom. The van der Waals surface area contributed by atoms with E-state index in [0.29, 0.717) is 25.7 Å². The van der Waals surface area contributed by atoms with Crippen LogP contribution < -0.4 is 5.32 Å². The van der Waals surface area contributed by atoms with E-state index in [1.165, 1.54) is 0 Å². The molecule has 1 fully saturated rings. The van der Waals surface area contributed by atoms with Gasteiger partial charge in [-0.3, -0.25) is 0 Å². The third-order valence-corrected chi connectivity index (χ3v) is 3.38. The molecule has 0 radical (unpaired) electrons. The average Bonchev–Trinajstić information content (AvgIpc) is 2.91. The van der Waals surface area contributed by atoms with Crippen LogP contribution in [0.2, 0.25) is 0 Å². The lowest BCUT2D eigenvalue weighted by atomic mass is 10.1.